The maximum atomic E-state index is 12.5. The number of hydrogen-bond acceptors (Lipinski definition) is 3. The number of allylic oxidation sites excluding steroid dienone is 17. The van der Waals surface area contributed by atoms with Crippen molar-refractivity contribution in [3.05, 3.63) is 109 Å². The molecule has 0 aliphatic carbocycles. The van der Waals surface area contributed by atoms with Crippen molar-refractivity contribution in [1.82, 2.24) is 5.32 Å². The monoisotopic (exact) mass is 1070 g/mol. The summed E-state index contributed by atoms with van der Waals surface area (Å²) in [4.78, 5) is 12.5. The van der Waals surface area contributed by atoms with E-state index >= 15 is 0 Å². The Labute approximate surface area is 480 Å². The van der Waals surface area contributed by atoms with E-state index in [1.165, 1.54) is 231 Å². The highest BCUT2D eigenvalue weighted by atomic mass is 16.3. The highest BCUT2D eigenvalue weighted by molar-refractivity contribution is 5.76. The summed E-state index contributed by atoms with van der Waals surface area (Å²) in [5.74, 6) is -0.0752. The second-order valence-electron chi connectivity index (χ2n) is 22.5. The first-order chi connectivity index (χ1) is 38.2. The predicted molar refractivity (Wildman–Crippen MR) is 345 cm³/mol. The van der Waals surface area contributed by atoms with Gasteiger partial charge in [-0.3, -0.25) is 4.79 Å². The molecule has 3 N–H and O–H groups in total. The van der Waals surface area contributed by atoms with Crippen LogP contribution in [0.1, 0.15) is 328 Å². The lowest BCUT2D eigenvalue weighted by molar-refractivity contribution is -0.123. The van der Waals surface area contributed by atoms with E-state index in [4.69, 9.17) is 0 Å². The molecule has 0 rings (SSSR count). The van der Waals surface area contributed by atoms with Crippen molar-refractivity contribution in [3.8, 4) is 0 Å². The number of aliphatic hydroxyl groups excluding tert-OH is 2. The minimum absolute atomic E-state index is 0.0752. The molecule has 0 bridgehead atoms. The molecular formula is C73H129NO3. The zero-order valence-electron chi connectivity index (χ0n) is 51.2. The second kappa shape index (κ2) is 67.3. The van der Waals surface area contributed by atoms with Crippen LogP contribution in [0.15, 0.2) is 109 Å². The van der Waals surface area contributed by atoms with Crippen LogP contribution in [-0.4, -0.2) is 34.9 Å². The Hall–Kier alpha value is -2.95. The molecule has 4 nitrogen and oxygen atoms in total. The van der Waals surface area contributed by atoms with Gasteiger partial charge in [-0.05, 0) is 96.3 Å². The molecule has 77 heavy (non-hydrogen) atoms. The van der Waals surface area contributed by atoms with E-state index in [0.717, 1.165) is 77.0 Å². The van der Waals surface area contributed by atoms with Crippen LogP contribution in [0.5, 0.6) is 0 Å². The summed E-state index contributed by atoms with van der Waals surface area (Å²) in [5.41, 5.74) is 0. The molecule has 0 aromatic rings. The lowest BCUT2D eigenvalue weighted by Crippen LogP contribution is -2.45. The maximum absolute atomic E-state index is 12.5. The highest BCUT2D eigenvalue weighted by Gasteiger charge is 2.18. The first-order valence-electron chi connectivity index (χ1n) is 33.6. The minimum Gasteiger partial charge on any atom is -0.394 e. The molecule has 0 saturated carbocycles. The van der Waals surface area contributed by atoms with E-state index in [1.54, 1.807) is 6.08 Å². The Kier molecular flexibility index (Phi) is 64.7. The minimum atomic E-state index is -0.875. The molecule has 1 amide bonds. The Bertz CT molecular complexity index is 1440. The van der Waals surface area contributed by atoms with Gasteiger partial charge in [-0.2, -0.15) is 0 Å². The van der Waals surface area contributed by atoms with E-state index in [0.29, 0.717) is 6.42 Å². The van der Waals surface area contributed by atoms with Gasteiger partial charge < -0.3 is 15.5 Å². The zero-order valence-corrected chi connectivity index (χ0v) is 51.2. The number of aliphatic hydroxyl groups is 2. The Morgan fingerprint density at radius 3 is 0.909 bits per heavy atom. The fraction of sp³-hybridized carbons (Fsp3) is 0.740. The smallest absolute Gasteiger partial charge is 0.220 e. The van der Waals surface area contributed by atoms with Crippen LogP contribution in [0, 0.1) is 0 Å². The van der Waals surface area contributed by atoms with Crippen LogP contribution in [0.3, 0.4) is 0 Å². The number of carbonyl (C=O) groups is 1. The number of unbranched alkanes of at least 4 members (excludes halogenated alkanes) is 38. The van der Waals surface area contributed by atoms with Crippen LogP contribution in [0.25, 0.3) is 0 Å². The van der Waals surface area contributed by atoms with Gasteiger partial charge >= 0.3 is 0 Å². The fourth-order valence-corrected chi connectivity index (χ4v) is 9.92. The summed E-state index contributed by atoms with van der Waals surface area (Å²) in [6, 6.07) is -0.650. The molecule has 0 heterocycles. The maximum Gasteiger partial charge on any atom is 0.220 e. The largest absolute Gasteiger partial charge is 0.394 e. The van der Waals surface area contributed by atoms with Crippen molar-refractivity contribution in [2.24, 2.45) is 0 Å². The molecule has 2 unspecified atom stereocenters. The molecule has 4 heteroatoms. The molecule has 0 aromatic heterocycles. The molecule has 0 aromatic carbocycles. The van der Waals surface area contributed by atoms with Crippen molar-refractivity contribution >= 4 is 5.91 Å². The lowest BCUT2D eigenvalue weighted by atomic mass is 10.0. The number of amides is 1. The third-order valence-electron chi connectivity index (χ3n) is 15.0. The standard InChI is InChI=1S/C73H129NO3/c1-3-5-7-9-11-13-15-17-19-21-23-25-27-29-30-31-32-33-34-35-36-37-38-39-40-41-42-43-44-45-47-49-51-53-55-57-59-61-63-65-67-69-73(77)74-71(70-75)72(76)68-66-64-62-60-58-56-54-52-50-48-46-28-26-24-22-20-18-16-14-12-10-8-6-4-2/h5,7,11,13,17,19,23,25,29-30,32-33,50,52,58,60,66,68,71-72,75-76H,3-4,6,8-10,12,14-16,18,20-22,24,26-28,31,34-49,51,53-57,59,61-65,67,69-70H2,1-2H3,(H,74,77)/b7-5-,13-11-,19-17-,25-23-,30-29-,33-32-,52-50+,60-58+,68-66+. The molecule has 0 fully saturated rings. The van der Waals surface area contributed by atoms with E-state index in [-0.39, 0.29) is 12.5 Å². The lowest BCUT2D eigenvalue weighted by Gasteiger charge is -2.19. The van der Waals surface area contributed by atoms with E-state index in [9.17, 15) is 15.0 Å². The van der Waals surface area contributed by atoms with Gasteiger partial charge in [0.2, 0.25) is 5.91 Å². The number of rotatable bonds is 61. The van der Waals surface area contributed by atoms with Crippen molar-refractivity contribution in [3.63, 3.8) is 0 Å². The summed E-state index contributed by atoms with van der Waals surface area (Å²) in [6.07, 6.45) is 102. The second-order valence-corrected chi connectivity index (χ2v) is 22.5. The summed E-state index contributed by atoms with van der Waals surface area (Å²) in [6.45, 7) is 4.20. The Morgan fingerprint density at radius 2 is 0.584 bits per heavy atom. The van der Waals surface area contributed by atoms with Gasteiger partial charge in [0.25, 0.3) is 0 Å². The summed E-state index contributed by atoms with van der Waals surface area (Å²) >= 11 is 0. The van der Waals surface area contributed by atoms with E-state index in [1.807, 2.05) is 6.08 Å². The van der Waals surface area contributed by atoms with Crippen molar-refractivity contribution in [1.29, 1.82) is 0 Å². The summed E-state index contributed by atoms with van der Waals surface area (Å²) in [7, 11) is 0. The SMILES string of the molecule is CC/C=C\C/C=C\C/C=C\C/C=C\C/C=C\C/C=C\CCCCCCCCCCCCCCCCCCCCCCCCC(=O)NC(CO)C(O)/C=C/CC/C=C/CC/C=C/CCCCCCCCCCCCCCCC. The molecule has 444 valence electrons. The van der Waals surface area contributed by atoms with Crippen molar-refractivity contribution < 1.29 is 15.0 Å². The van der Waals surface area contributed by atoms with Crippen LogP contribution in [-0.2, 0) is 4.79 Å². The van der Waals surface area contributed by atoms with Crippen molar-refractivity contribution in [2.75, 3.05) is 6.61 Å². The average Bonchev–Trinajstić information content (AvgIpc) is 3.43. The van der Waals surface area contributed by atoms with Gasteiger partial charge in [0.05, 0.1) is 18.8 Å². The first-order valence-corrected chi connectivity index (χ1v) is 33.6. The zero-order chi connectivity index (χ0) is 55.5. The highest BCUT2D eigenvalue weighted by Crippen LogP contribution is 2.17. The molecule has 0 aliphatic heterocycles. The molecule has 0 saturated heterocycles. The van der Waals surface area contributed by atoms with Gasteiger partial charge in [-0.1, -0.05) is 335 Å². The Morgan fingerprint density at radius 1 is 0.325 bits per heavy atom. The third-order valence-corrected chi connectivity index (χ3v) is 15.0. The molecule has 2 atom stereocenters. The van der Waals surface area contributed by atoms with Gasteiger partial charge in [0, 0.05) is 6.42 Å². The van der Waals surface area contributed by atoms with Gasteiger partial charge in [-0.15, -0.1) is 0 Å². The normalized spacial score (nSPS) is 13.5. The Balaban J connectivity index is 3.50. The molecular weight excluding hydrogens is 939 g/mol. The average molecular weight is 1070 g/mol. The molecule has 0 radical (unpaired) electrons. The number of nitrogens with one attached hydrogen (secondary N) is 1. The van der Waals surface area contributed by atoms with Crippen molar-refractivity contribution in [2.45, 2.75) is 341 Å². The predicted octanol–water partition coefficient (Wildman–Crippen LogP) is 23.0. The van der Waals surface area contributed by atoms with Crippen LogP contribution in [0.4, 0.5) is 0 Å². The fourth-order valence-electron chi connectivity index (χ4n) is 9.92. The van der Waals surface area contributed by atoms with E-state index in [2.05, 4.69) is 116 Å². The van der Waals surface area contributed by atoms with Crippen LogP contribution >= 0.6 is 0 Å². The first kappa shape index (κ1) is 74.0. The van der Waals surface area contributed by atoms with Crippen LogP contribution < -0.4 is 5.32 Å². The summed E-state index contributed by atoms with van der Waals surface area (Å²) in [5, 5.41) is 23.2. The summed E-state index contributed by atoms with van der Waals surface area (Å²) < 4.78 is 0. The molecule has 0 aliphatic rings. The van der Waals surface area contributed by atoms with Gasteiger partial charge in [-0.25, -0.2) is 0 Å². The topological polar surface area (TPSA) is 69.6 Å². The third kappa shape index (κ3) is 63.8. The van der Waals surface area contributed by atoms with Gasteiger partial charge in [0.1, 0.15) is 0 Å². The van der Waals surface area contributed by atoms with Crippen LogP contribution in [0.2, 0.25) is 0 Å². The quantitative estimate of drug-likeness (QED) is 0.0420. The van der Waals surface area contributed by atoms with Gasteiger partial charge in [0.15, 0.2) is 0 Å². The number of hydrogen-bond donors (Lipinski definition) is 3. The number of carbonyl (C=O) groups excluding carboxylic acids is 1. The van der Waals surface area contributed by atoms with E-state index < -0.39 is 12.1 Å². The molecule has 0 spiro atoms.